The number of hydrogen-bond acceptors (Lipinski definition) is 4. The van der Waals surface area contributed by atoms with Gasteiger partial charge in [0.25, 0.3) is 0 Å². The lowest BCUT2D eigenvalue weighted by molar-refractivity contribution is -0.140. The molecule has 1 aliphatic heterocycles. The highest BCUT2D eigenvalue weighted by Gasteiger charge is 2.26. The molecule has 0 saturated carbocycles. The van der Waals surface area contributed by atoms with Gasteiger partial charge in [0.15, 0.2) is 11.5 Å². The molecule has 0 aliphatic carbocycles. The smallest absolute Gasteiger partial charge is 0.242 e. The van der Waals surface area contributed by atoms with Gasteiger partial charge < -0.3 is 19.7 Å². The summed E-state index contributed by atoms with van der Waals surface area (Å²) in [7, 11) is 0. The minimum atomic E-state index is -0.585. The van der Waals surface area contributed by atoms with Crippen LogP contribution in [0, 0.1) is 5.92 Å². The Hall–Kier alpha value is -2.73. The van der Waals surface area contributed by atoms with Gasteiger partial charge in [-0.1, -0.05) is 43.6 Å². The Balaban J connectivity index is 1.69. The quantitative estimate of drug-likeness (QED) is 0.629. The molecule has 0 spiro atoms. The number of rotatable bonds is 9. The third kappa shape index (κ3) is 6.37. The summed E-state index contributed by atoms with van der Waals surface area (Å²) in [5, 5.41) is 3.56. The molecule has 2 aromatic rings. The first-order valence-electron chi connectivity index (χ1n) is 10.5. The minimum absolute atomic E-state index is 0.0835. The van der Waals surface area contributed by atoms with E-state index in [1.807, 2.05) is 44.2 Å². The summed E-state index contributed by atoms with van der Waals surface area (Å²) in [5.74, 6) is 1.51. The molecule has 1 atom stereocenters. The van der Waals surface area contributed by atoms with Crippen LogP contribution in [0.5, 0.6) is 11.5 Å². The molecule has 0 aromatic heterocycles. The van der Waals surface area contributed by atoms with Crippen LogP contribution in [0.4, 0.5) is 0 Å². The highest BCUT2D eigenvalue weighted by atomic mass is 35.5. The first kappa shape index (κ1) is 22.9. The van der Waals surface area contributed by atoms with Crippen LogP contribution in [0.3, 0.4) is 0 Å². The molecular weight excluding hydrogens is 416 g/mol. The van der Waals surface area contributed by atoms with E-state index in [0.29, 0.717) is 36.2 Å². The van der Waals surface area contributed by atoms with E-state index in [1.54, 1.807) is 24.0 Å². The zero-order valence-corrected chi connectivity index (χ0v) is 18.9. The number of halogens is 1. The summed E-state index contributed by atoms with van der Waals surface area (Å²) >= 11 is 5.99. The van der Waals surface area contributed by atoms with E-state index in [2.05, 4.69) is 5.32 Å². The molecule has 0 unspecified atom stereocenters. The van der Waals surface area contributed by atoms with E-state index in [9.17, 15) is 9.59 Å². The van der Waals surface area contributed by atoms with Gasteiger partial charge >= 0.3 is 0 Å². The molecule has 2 aromatic carbocycles. The van der Waals surface area contributed by atoms with Gasteiger partial charge in [-0.3, -0.25) is 9.59 Å². The number of benzene rings is 2. The van der Waals surface area contributed by atoms with Crippen LogP contribution >= 0.6 is 11.6 Å². The number of carbonyl (C=O) groups is 2. The monoisotopic (exact) mass is 444 g/mol. The second-order valence-corrected chi connectivity index (χ2v) is 8.59. The maximum atomic E-state index is 13.2. The molecule has 3 rings (SSSR count). The molecular formula is C24H29ClN2O4. The van der Waals surface area contributed by atoms with Gasteiger partial charge in [-0.2, -0.15) is 0 Å². The van der Waals surface area contributed by atoms with Crippen LogP contribution in [-0.4, -0.2) is 36.1 Å². The molecule has 1 N–H and O–H groups in total. The van der Waals surface area contributed by atoms with Gasteiger partial charge in [-0.05, 0) is 54.7 Å². The number of aryl methyl sites for hydroxylation is 1. The molecule has 1 aliphatic rings. The highest BCUT2D eigenvalue weighted by Crippen LogP contribution is 2.32. The molecule has 2 amide bonds. The van der Waals surface area contributed by atoms with Crippen LogP contribution in [0.15, 0.2) is 42.5 Å². The Bertz CT molecular complexity index is 914. The van der Waals surface area contributed by atoms with Crippen molar-refractivity contribution in [2.24, 2.45) is 5.92 Å². The van der Waals surface area contributed by atoms with E-state index in [4.69, 9.17) is 21.1 Å². The topological polar surface area (TPSA) is 67.9 Å². The lowest BCUT2D eigenvalue weighted by atomic mass is 10.1. The Morgan fingerprint density at radius 3 is 2.42 bits per heavy atom. The fourth-order valence-corrected chi connectivity index (χ4v) is 3.44. The second-order valence-electron chi connectivity index (χ2n) is 8.15. The number of nitrogens with one attached hydrogen (secondary N) is 1. The number of amides is 2. The van der Waals surface area contributed by atoms with Crippen LogP contribution in [0.2, 0.25) is 5.02 Å². The maximum absolute atomic E-state index is 13.2. The minimum Gasteiger partial charge on any atom is -0.454 e. The Morgan fingerprint density at radius 1 is 1.03 bits per heavy atom. The van der Waals surface area contributed by atoms with Crippen molar-refractivity contribution in [2.75, 3.05) is 13.3 Å². The van der Waals surface area contributed by atoms with Crippen molar-refractivity contribution in [2.45, 2.75) is 46.2 Å². The Morgan fingerprint density at radius 2 is 1.71 bits per heavy atom. The van der Waals surface area contributed by atoms with Crippen molar-refractivity contribution in [3.05, 3.63) is 58.6 Å². The number of carbonyl (C=O) groups excluding carboxylic acids is 2. The van der Waals surface area contributed by atoms with E-state index in [-0.39, 0.29) is 25.0 Å². The van der Waals surface area contributed by atoms with Crippen molar-refractivity contribution in [3.8, 4) is 11.5 Å². The number of nitrogens with zero attached hydrogens (tertiary/aromatic N) is 1. The largest absolute Gasteiger partial charge is 0.454 e. The maximum Gasteiger partial charge on any atom is 0.242 e. The molecule has 31 heavy (non-hydrogen) atoms. The van der Waals surface area contributed by atoms with Gasteiger partial charge in [-0.15, -0.1) is 0 Å². The first-order chi connectivity index (χ1) is 14.8. The number of fused-ring (bicyclic) bond motifs is 1. The molecule has 0 saturated heterocycles. The van der Waals surface area contributed by atoms with Gasteiger partial charge in [0.05, 0.1) is 0 Å². The third-order valence-electron chi connectivity index (χ3n) is 5.18. The number of hydrogen-bond donors (Lipinski definition) is 1. The Kier molecular flexibility index (Phi) is 7.80. The predicted molar refractivity (Wildman–Crippen MR) is 120 cm³/mol. The summed E-state index contributed by atoms with van der Waals surface area (Å²) in [6.07, 6.45) is 0.835. The summed E-state index contributed by atoms with van der Waals surface area (Å²) in [6, 6.07) is 12.4. The van der Waals surface area contributed by atoms with Gasteiger partial charge in [0.2, 0.25) is 18.6 Å². The van der Waals surface area contributed by atoms with Crippen LogP contribution in [-0.2, 0) is 22.6 Å². The van der Waals surface area contributed by atoms with Gasteiger partial charge in [0.1, 0.15) is 6.04 Å². The van der Waals surface area contributed by atoms with E-state index >= 15 is 0 Å². The zero-order chi connectivity index (χ0) is 22.4. The van der Waals surface area contributed by atoms with E-state index in [1.165, 1.54) is 0 Å². The average molecular weight is 445 g/mol. The normalized spacial score (nSPS) is 13.2. The SMILES string of the molecule is CC(C)CNC(=O)[C@@H](C)N(Cc1ccc(Cl)cc1)C(=O)CCc1ccc2c(c1)OCO2. The molecule has 6 nitrogen and oxygen atoms in total. The van der Waals surface area contributed by atoms with Crippen molar-refractivity contribution in [3.63, 3.8) is 0 Å². The van der Waals surface area contributed by atoms with Crippen molar-refractivity contribution >= 4 is 23.4 Å². The van der Waals surface area contributed by atoms with Crippen LogP contribution < -0.4 is 14.8 Å². The second kappa shape index (κ2) is 10.5. The van der Waals surface area contributed by atoms with Gasteiger partial charge in [-0.25, -0.2) is 0 Å². The molecule has 1 heterocycles. The molecule has 7 heteroatoms. The van der Waals surface area contributed by atoms with Crippen molar-refractivity contribution in [1.29, 1.82) is 0 Å². The standard InChI is InChI=1S/C24H29ClN2O4/c1-16(2)13-26-24(29)17(3)27(14-19-4-8-20(25)9-5-19)23(28)11-7-18-6-10-21-22(12-18)31-15-30-21/h4-6,8-10,12,16-17H,7,11,13-15H2,1-3H3,(H,26,29)/t17-/m1/s1. The van der Waals surface area contributed by atoms with E-state index < -0.39 is 6.04 Å². The molecule has 0 bridgehead atoms. The fraction of sp³-hybridized carbons (Fsp3) is 0.417. The first-order valence-corrected chi connectivity index (χ1v) is 10.9. The fourth-order valence-electron chi connectivity index (χ4n) is 3.31. The lowest BCUT2D eigenvalue weighted by Crippen LogP contribution is -2.48. The van der Waals surface area contributed by atoms with Crippen molar-refractivity contribution in [1.82, 2.24) is 10.2 Å². The van der Waals surface area contributed by atoms with Crippen LogP contribution in [0.25, 0.3) is 0 Å². The molecule has 0 fully saturated rings. The summed E-state index contributed by atoms with van der Waals surface area (Å²) in [6.45, 7) is 6.97. The Labute approximate surface area is 188 Å². The average Bonchev–Trinajstić information content (AvgIpc) is 3.22. The predicted octanol–water partition coefficient (Wildman–Crippen LogP) is 4.19. The summed E-state index contributed by atoms with van der Waals surface area (Å²) < 4.78 is 10.8. The van der Waals surface area contributed by atoms with E-state index in [0.717, 1.165) is 16.9 Å². The highest BCUT2D eigenvalue weighted by molar-refractivity contribution is 6.30. The van der Waals surface area contributed by atoms with Crippen molar-refractivity contribution < 1.29 is 19.1 Å². The zero-order valence-electron chi connectivity index (χ0n) is 18.2. The number of ether oxygens (including phenoxy) is 2. The third-order valence-corrected chi connectivity index (χ3v) is 5.43. The summed E-state index contributed by atoms with van der Waals surface area (Å²) in [5.41, 5.74) is 1.91. The molecule has 166 valence electrons. The summed E-state index contributed by atoms with van der Waals surface area (Å²) in [4.78, 5) is 27.5. The van der Waals surface area contributed by atoms with Gasteiger partial charge in [0, 0.05) is 24.5 Å². The van der Waals surface area contributed by atoms with Crippen LogP contribution in [0.1, 0.15) is 38.3 Å². The molecule has 0 radical (unpaired) electrons. The lowest BCUT2D eigenvalue weighted by Gasteiger charge is -2.29.